The Morgan fingerprint density at radius 1 is 1.23 bits per heavy atom. The van der Waals surface area contributed by atoms with Gasteiger partial charge in [-0.2, -0.15) is 9.97 Å². The Balaban J connectivity index is 1.42. The number of rotatable bonds is 8. The molecule has 1 aromatic carbocycles. The summed E-state index contributed by atoms with van der Waals surface area (Å²) in [7, 11) is 1.64. The molecule has 2 aliphatic rings. The number of anilines is 4. The van der Waals surface area contributed by atoms with Gasteiger partial charge in [0.25, 0.3) is 0 Å². The van der Waals surface area contributed by atoms with Gasteiger partial charge in [0.15, 0.2) is 6.29 Å². The lowest BCUT2D eigenvalue weighted by Gasteiger charge is -2.29. The number of nitrogens with zero attached hydrogens (tertiary/aromatic N) is 3. The minimum Gasteiger partial charge on any atom is -0.494 e. The number of aromatic nitrogens is 3. The molecule has 0 atom stereocenters. The van der Waals surface area contributed by atoms with E-state index in [1.807, 2.05) is 18.2 Å². The summed E-state index contributed by atoms with van der Waals surface area (Å²) < 4.78 is 11.1. The monoisotopic (exact) mass is 480 g/mol. The summed E-state index contributed by atoms with van der Waals surface area (Å²) in [5.74, 6) is 2.08. The van der Waals surface area contributed by atoms with Crippen LogP contribution in [0.4, 0.5) is 23.1 Å². The van der Waals surface area contributed by atoms with E-state index in [0.717, 1.165) is 56.4 Å². The van der Waals surface area contributed by atoms with Crippen molar-refractivity contribution in [1.29, 1.82) is 0 Å². The summed E-state index contributed by atoms with van der Waals surface area (Å²) in [6, 6.07) is 6.24. The lowest BCUT2D eigenvalue weighted by Crippen LogP contribution is -2.36. The van der Waals surface area contributed by atoms with Crippen LogP contribution in [0.2, 0.25) is 0 Å². The van der Waals surface area contributed by atoms with Crippen molar-refractivity contribution in [3.63, 3.8) is 0 Å². The largest absolute Gasteiger partial charge is 0.494 e. The second-order valence-electron chi connectivity index (χ2n) is 9.13. The van der Waals surface area contributed by atoms with Crippen LogP contribution in [0.3, 0.4) is 0 Å². The van der Waals surface area contributed by atoms with E-state index in [2.05, 4.69) is 25.5 Å². The molecule has 4 N–H and O–H groups in total. The highest BCUT2D eigenvalue weighted by molar-refractivity contribution is 6.02. The van der Waals surface area contributed by atoms with Crippen LogP contribution in [0.1, 0.15) is 36.0 Å². The molecule has 10 heteroatoms. The molecular weight excluding hydrogens is 448 g/mol. The van der Waals surface area contributed by atoms with Crippen molar-refractivity contribution in [2.24, 2.45) is 5.92 Å². The van der Waals surface area contributed by atoms with Crippen molar-refractivity contribution in [1.82, 2.24) is 15.0 Å². The number of H-pyrrole nitrogens is 1. The molecule has 3 heterocycles. The molecule has 0 radical (unpaired) electrons. The molecule has 5 rings (SSSR count). The predicted octanol–water partition coefficient (Wildman–Crippen LogP) is 3.32. The number of ether oxygens (including phenoxy) is 2. The molecule has 1 aliphatic carbocycles. The third-order valence-electron chi connectivity index (χ3n) is 6.94. The molecule has 0 amide bonds. The third kappa shape index (κ3) is 5.03. The lowest BCUT2D eigenvalue weighted by molar-refractivity contribution is 0.112. The molecule has 1 saturated heterocycles. The van der Waals surface area contributed by atoms with Crippen molar-refractivity contribution in [2.75, 3.05) is 55.6 Å². The Hall–Kier alpha value is -3.37. The highest BCUT2D eigenvalue weighted by atomic mass is 16.5. The van der Waals surface area contributed by atoms with Gasteiger partial charge in [-0.3, -0.25) is 4.79 Å². The molecule has 35 heavy (non-hydrogen) atoms. The molecule has 2 fully saturated rings. The maximum atomic E-state index is 11.7. The van der Waals surface area contributed by atoms with Gasteiger partial charge in [0.05, 0.1) is 31.4 Å². The number of hydrogen-bond acceptors (Lipinski definition) is 9. The van der Waals surface area contributed by atoms with E-state index in [9.17, 15) is 9.90 Å². The molecular formula is C25H32N6O4. The highest BCUT2D eigenvalue weighted by Crippen LogP contribution is 2.34. The van der Waals surface area contributed by atoms with Crippen molar-refractivity contribution < 1.29 is 19.4 Å². The molecule has 1 aliphatic heterocycles. The quantitative estimate of drug-likeness (QED) is 0.359. The van der Waals surface area contributed by atoms with Gasteiger partial charge in [-0.15, -0.1) is 0 Å². The zero-order valence-corrected chi connectivity index (χ0v) is 19.9. The number of benzene rings is 1. The van der Waals surface area contributed by atoms with Crippen LogP contribution < -0.4 is 20.3 Å². The Kier molecular flexibility index (Phi) is 7.01. The topological polar surface area (TPSA) is 125 Å². The maximum absolute atomic E-state index is 11.7. The standard InChI is InChI=1S/C25H32N6O4/c1-34-21-12-19(31-8-10-35-11-9-31)6-7-20(21)28-25-29-23-22(17(15-33)13-26-23)24(30-25)27-18-4-2-16(14-32)3-5-18/h6-7,12-13,15-16,18,32H,2-5,8-11,14H2,1H3,(H3,26,27,28,29,30). The highest BCUT2D eigenvalue weighted by Gasteiger charge is 2.23. The number of carbonyl (C=O) groups is 1. The van der Waals surface area contributed by atoms with E-state index >= 15 is 0 Å². The van der Waals surface area contributed by atoms with Crippen LogP contribution in [-0.4, -0.2) is 72.4 Å². The van der Waals surface area contributed by atoms with E-state index < -0.39 is 0 Å². The predicted molar refractivity (Wildman–Crippen MR) is 135 cm³/mol. The molecule has 186 valence electrons. The average Bonchev–Trinajstić information content (AvgIpc) is 3.33. The first kappa shape index (κ1) is 23.4. The van der Waals surface area contributed by atoms with E-state index in [4.69, 9.17) is 14.5 Å². The summed E-state index contributed by atoms with van der Waals surface area (Å²) >= 11 is 0. The minimum absolute atomic E-state index is 0.223. The molecule has 0 unspecified atom stereocenters. The van der Waals surface area contributed by atoms with Gasteiger partial charge in [0, 0.05) is 49.3 Å². The average molecular weight is 481 g/mol. The normalized spacial score (nSPS) is 20.6. The summed E-state index contributed by atoms with van der Waals surface area (Å²) in [5.41, 5.74) is 2.93. The number of carbonyl (C=O) groups excluding carboxylic acids is 1. The second-order valence-corrected chi connectivity index (χ2v) is 9.13. The van der Waals surface area contributed by atoms with Crippen LogP contribution >= 0.6 is 0 Å². The van der Waals surface area contributed by atoms with Gasteiger partial charge in [-0.1, -0.05) is 0 Å². The Morgan fingerprint density at radius 3 is 2.74 bits per heavy atom. The third-order valence-corrected chi connectivity index (χ3v) is 6.94. The number of aromatic amines is 1. The molecule has 0 spiro atoms. The minimum atomic E-state index is 0.223. The molecule has 2 aromatic heterocycles. The number of methoxy groups -OCH3 is 1. The molecule has 1 saturated carbocycles. The summed E-state index contributed by atoms with van der Waals surface area (Å²) in [6.07, 6.45) is 6.29. The number of morpholine rings is 1. The first-order chi connectivity index (χ1) is 17.2. The molecule has 0 bridgehead atoms. The van der Waals surface area contributed by atoms with Gasteiger partial charge in [0.2, 0.25) is 5.95 Å². The summed E-state index contributed by atoms with van der Waals surface area (Å²) in [5, 5.41) is 17.0. The van der Waals surface area contributed by atoms with Gasteiger partial charge in [-0.25, -0.2) is 0 Å². The van der Waals surface area contributed by atoms with E-state index in [1.165, 1.54) is 0 Å². The number of fused-ring (bicyclic) bond motifs is 1. The zero-order valence-electron chi connectivity index (χ0n) is 19.9. The maximum Gasteiger partial charge on any atom is 0.231 e. The first-order valence-electron chi connectivity index (χ1n) is 12.2. The van der Waals surface area contributed by atoms with Gasteiger partial charge in [0.1, 0.15) is 17.2 Å². The zero-order chi connectivity index (χ0) is 24.2. The van der Waals surface area contributed by atoms with Crippen LogP contribution in [0.5, 0.6) is 5.75 Å². The Bertz CT molecular complexity index is 1170. The van der Waals surface area contributed by atoms with Gasteiger partial charge in [-0.05, 0) is 43.7 Å². The van der Waals surface area contributed by atoms with E-state index in [-0.39, 0.29) is 12.6 Å². The van der Waals surface area contributed by atoms with Crippen molar-refractivity contribution in [3.05, 3.63) is 30.0 Å². The fourth-order valence-corrected chi connectivity index (χ4v) is 4.91. The Labute approximate surface area is 204 Å². The fraction of sp³-hybridized carbons (Fsp3) is 0.480. The second kappa shape index (κ2) is 10.5. The SMILES string of the molecule is COc1cc(N2CCOCC2)ccc1Nc1nc(NC2CCC(CO)CC2)c2c(C=O)c[nH]c2n1. The lowest BCUT2D eigenvalue weighted by atomic mass is 9.86. The summed E-state index contributed by atoms with van der Waals surface area (Å²) in [6.45, 7) is 3.35. The van der Waals surface area contributed by atoms with E-state index in [1.54, 1.807) is 13.3 Å². The van der Waals surface area contributed by atoms with Crippen LogP contribution in [-0.2, 0) is 4.74 Å². The van der Waals surface area contributed by atoms with Gasteiger partial charge >= 0.3 is 0 Å². The number of aldehydes is 1. The van der Waals surface area contributed by atoms with E-state index in [0.29, 0.717) is 53.2 Å². The van der Waals surface area contributed by atoms with Crippen LogP contribution in [0.25, 0.3) is 11.0 Å². The van der Waals surface area contributed by atoms with Crippen molar-refractivity contribution in [2.45, 2.75) is 31.7 Å². The summed E-state index contributed by atoms with van der Waals surface area (Å²) in [4.78, 5) is 26.4. The fourth-order valence-electron chi connectivity index (χ4n) is 4.91. The number of aliphatic hydroxyl groups excluding tert-OH is 1. The Morgan fingerprint density at radius 2 is 2.03 bits per heavy atom. The first-order valence-corrected chi connectivity index (χ1v) is 12.2. The molecule has 3 aromatic rings. The van der Waals surface area contributed by atoms with Gasteiger partial charge < -0.3 is 35.1 Å². The number of aliphatic hydroxyl groups is 1. The molecule has 10 nitrogen and oxygen atoms in total. The number of nitrogens with one attached hydrogen (secondary N) is 3. The smallest absolute Gasteiger partial charge is 0.231 e. The van der Waals surface area contributed by atoms with Crippen molar-refractivity contribution in [3.8, 4) is 5.75 Å². The van der Waals surface area contributed by atoms with Crippen molar-refractivity contribution >= 4 is 40.5 Å². The number of hydrogen-bond donors (Lipinski definition) is 4. The van der Waals surface area contributed by atoms with Crippen LogP contribution in [0, 0.1) is 5.92 Å². The van der Waals surface area contributed by atoms with Crippen LogP contribution in [0.15, 0.2) is 24.4 Å².